The first kappa shape index (κ1) is 26.8. The molecular weight excluding hydrogens is 460 g/mol. The SMILES string of the molecule is CC(c1ccccc1)c1cncc(C(=O)N2CCC(c3ccc(F)c(CN)c3)CC2)c1.Cl.Cl. The monoisotopic (exact) mass is 489 g/mol. The number of nitrogens with zero attached hydrogens (tertiary/aromatic N) is 2. The number of benzene rings is 2. The maximum absolute atomic E-state index is 13.8. The number of rotatable bonds is 5. The predicted molar refractivity (Wildman–Crippen MR) is 135 cm³/mol. The van der Waals surface area contributed by atoms with E-state index in [1.165, 1.54) is 11.6 Å². The van der Waals surface area contributed by atoms with Crippen molar-refractivity contribution in [2.45, 2.75) is 38.1 Å². The van der Waals surface area contributed by atoms with Gasteiger partial charge in [0, 0.05) is 43.5 Å². The second kappa shape index (κ2) is 12.1. The molecule has 0 spiro atoms. The quantitative estimate of drug-likeness (QED) is 0.500. The molecular formula is C26H30Cl2FN3O. The zero-order chi connectivity index (χ0) is 21.8. The molecule has 1 aliphatic heterocycles. The van der Waals surface area contributed by atoms with E-state index in [0.29, 0.717) is 30.1 Å². The van der Waals surface area contributed by atoms with Gasteiger partial charge in [0.15, 0.2) is 0 Å². The maximum atomic E-state index is 13.8. The second-order valence-corrected chi connectivity index (χ2v) is 8.26. The van der Waals surface area contributed by atoms with Crippen LogP contribution in [0, 0.1) is 5.82 Å². The van der Waals surface area contributed by atoms with Crippen LogP contribution in [0.4, 0.5) is 4.39 Å². The van der Waals surface area contributed by atoms with E-state index in [1.807, 2.05) is 47.5 Å². The van der Waals surface area contributed by atoms with E-state index in [9.17, 15) is 9.18 Å². The molecule has 4 nitrogen and oxygen atoms in total. The molecule has 176 valence electrons. The molecule has 7 heteroatoms. The third-order valence-electron chi connectivity index (χ3n) is 6.35. The summed E-state index contributed by atoms with van der Waals surface area (Å²) in [6, 6.07) is 17.4. The fraction of sp³-hybridized carbons (Fsp3) is 0.308. The summed E-state index contributed by atoms with van der Waals surface area (Å²) in [5, 5.41) is 0. The first-order valence-corrected chi connectivity index (χ1v) is 10.8. The Kier molecular flexibility index (Phi) is 9.84. The van der Waals surface area contributed by atoms with E-state index in [4.69, 9.17) is 5.73 Å². The lowest BCUT2D eigenvalue weighted by molar-refractivity contribution is 0.0712. The Labute approximate surface area is 207 Å². The van der Waals surface area contributed by atoms with Crippen molar-refractivity contribution in [1.29, 1.82) is 0 Å². The fourth-order valence-corrected chi connectivity index (χ4v) is 4.35. The van der Waals surface area contributed by atoms with E-state index in [2.05, 4.69) is 24.0 Å². The van der Waals surface area contributed by atoms with E-state index in [1.54, 1.807) is 6.20 Å². The van der Waals surface area contributed by atoms with Crippen LogP contribution in [-0.4, -0.2) is 28.9 Å². The van der Waals surface area contributed by atoms with Gasteiger partial charge >= 0.3 is 0 Å². The number of hydrogen-bond donors (Lipinski definition) is 1. The number of aromatic nitrogens is 1. The maximum Gasteiger partial charge on any atom is 0.255 e. The van der Waals surface area contributed by atoms with Gasteiger partial charge in [0.2, 0.25) is 0 Å². The summed E-state index contributed by atoms with van der Waals surface area (Å²) < 4.78 is 13.8. The molecule has 33 heavy (non-hydrogen) atoms. The topological polar surface area (TPSA) is 59.2 Å². The minimum absolute atomic E-state index is 0. The fourth-order valence-electron chi connectivity index (χ4n) is 4.35. The third-order valence-corrected chi connectivity index (χ3v) is 6.35. The minimum Gasteiger partial charge on any atom is -0.339 e. The molecule has 2 heterocycles. The van der Waals surface area contributed by atoms with E-state index in [-0.39, 0.29) is 49.0 Å². The van der Waals surface area contributed by atoms with Gasteiger partial charge in [0.05, 0.1) is 5.56 Å². The van der Waals surface area contributed by atoms with Gasteiger partial charge in [-0.25, -0.2) is 4.39 Å². The number of carbonyl (C=O) groups is 1. The Hall–Kier alpha value is -2.47. The Morgan fingerprint density at radius 3 is 2.42 bits per heavy atom. The molecule has 1 aliphatic rings. The summed E-state index contributed by atoms with van der Waals surface area (Å²) in [6.07, 6.45) is 5.21. The van der Waals surface area contributed by atoms with E-state index in [0.717, 1.165) is 24.0 Å². The molecule has 1 saturated heterocycles. The zero-order valence-electron chi connectivity index (χ0n) is 18.6. The number of piperidine rings is 1. The van der Waals surface area contributed by atoms with Crippen molar-refractivity contribution in [2.24, 2.45) is 5.73 Å². The highest BCUT2D eigenvalue weighted by Crippen LogP contribution is 2.30. The van der Waals surface area contributed by atoms with Crippen LogP contribution in [0.2, 0.25) is 0 Å². The van der Waals surface area contributed by atoms with E-state index < -0.39 is 0 Å². The summed E-state index contributed by atoms with van der Waals surface area (Å²) in [5.74, 6) is 0.255. The molecule has 4 rings (SSSR count). The summed E-state index contributed by atoms with van der Waals surface area (Å²) in [6.45, 7) is 3.68. The lowest BCUT2D eigenvalue weighted by Crippen LogP contribution is -2.38. The predicted octanol–water partition coefficient (Wildman–Crippen LogP) is 5.69. The molecule has 0 bridgehead atoms. The molecule has 2 N–H and O–H groups in total. The number of carbonyl (C=O) groups excluding carboxylic acids is 1. The van der Waals surface area contributed by atoms with Crippen molar-refractivity contribution >= 4 is 30.7 Å². The molecule has 2 aromatic carbocycles. The Bertz CT molecular complexity index is 1060. The first-order chi connectivity index (χ1) is 15.1. The zero-order valence-corrected chi connectivity index (χ0v) is 20.2. The van der Waals surface area contributed by atoms with Crippen LogP contribution in [0.15, 0.2) is 67.0 Å². The van der Waals surface area contributed by atoms with Crippen LogP contribution in [0.1, 0.15) is 64.2 Å². The Balaban J connectivity index is 0.00000193. The van der Waals surface area contributed by atoms with Gasteiger partial charge < -0.3 is 10.6 Å². The standard InChI is InChI=1S/C26H28FN3O.2ClH/c1-18(19-5-3-2-4-6-19)23-14-24(17-29-16-23)26(31)30-11-9-20(10-12-30)21-7-8-25(27)22(13-21)15-28;;/h2-8,13-14,16-18,20H,9-12,15,28H2,1H3;2*1H. The molecule has 1 fully saturated rings. The molecule has 1 atom stereocenters. The Morgan fingerprint density at radius 2 is 1.76 bits per heavy atom. The Morgan fingerprint density at radius 1 is 1.06 bits per heavy atom. The van der Waals surface area contributed by atoms with Gasteiger partial charge in [0.25, 0.3) is 5.91 Å². The molecule has 0 radical (unpaired) electrons. The largest absolute Gasteiger partial charge is 0.339 e. The van der Waals surface area contributed by atoms with Crippen LogP contribution in [0.3, 0.4) is 0 Å². The number of amides is 1. The molecule has 0 aliphatic carbocycles. The summed E-state index contributed by atoms with van der Waals surface area (Å²) in [5.41, 5.74) is 10.2. The minimum atomic E-state index is -0.254. The van der Waals surface area contributed by atoms with Crippen LogP contribution in [0.25, 0.3) is 0 Å². The van der Waals surface area contributed by atoms with Crippen molar-refractivity contribution in [3.8, 4) is 0 Å². The second-order valence-electron chi connectivity index (χ2n) is 8.26. The van der Waals surface area contributed by atoms with Crippen molar-refractivity contribution in [3.05, 3.63) is 101 Å². The first-order valence-electron chi connectivity index (χ1n) is 10.8. The molecule has 3 aromatic rings. The number of pyridine rings is 1. The summed E-state index contributed by atoms with van der Waals surface area (Å²) in [7, 11) is 0. The van der Waals surface area contributed by atoms with E-state index >= 15 is 0 Å². The van der Waals surface area contributed by atoms with Gasteiger partial charge in [-0.15, -0.1) is 24.8 Å². The number of hydrogen-bond acceptors (Lipinski definition) is 3. The molecule has 0 saturated carbocycles. The highest BCUT2D eigenvalue weighted by atomic mass is 35.5. The average Bonchev–Trinajstić information content (AvgIpc) is 2.84. The summed E-state index contributed by atoms with van der Waals surface area (Å²) >= 11 is 0. The highest BCUT2D eigenvalue weighted by molar-refractivity contribution is 5.94. The van der Waals surface area contributed by atoms with Crippen LogP contribution < -0.4 is 5.73 Å². The molecule has 1 aromatic heterocycles. The van der Waals surface area contributed by atoms with Crippen LogP contribution in [-0.2, 0) is 6.54 Å². The van der Waals surface area contributed by atoms with Crippen molar-refractivity contribution in [2.75, 3.05) is 13.1 Å². The lowest BCUT2D eigenvalue weighted by atomic mass is 9.88. The average molecular weight is 490 g/mol. The van der Waals surface area contributed by atoms with Gasteiger partial charge in [-0.3, -0.25) is 9.78 Å². The number of likely N-dealkylation sites (tertiary alicyclic amines) is 1. The van der Waals surface area contributed by atoms with Crippen LogP contribution >= 0.6 is 24.8 Å². The number of halogens is 3. The highest BCUT2D eigenvalue weighted by Gasteiger charge is 2.25. The molecule has 1 amide bonds. The smallest absolute Gasteiger partial charge is 0.255 e. The lowest BCUT2D eigenvalue weighted by Gasteiger charge is -2.32. The van der Waals surface area contributed by atoms with Gasteiger partial charge in [-0.05, 0) is 47.6 Å². The van der Waals surface area contributed by atoms with Crippen LogP contribution in [0.5, 0.6) is 0 Å². The summed E-state index contributed by atoms with van der Waals surface area (Å²) in [4.78, 5) is 19.4. The number of nitrogens with two attached hydrogens (primary N) is 1. The van der Waals surface area contributed by atoms with Crippen molar-refractivity contribution in [1.82, 2.24) is 9.88 Å². The third kappa shape index (κ3) is 6.11. The normalized spacial score (nSPS) is 14.7. The van der Waals surface area contributed by atoms with Crippen molar-refractivity contribution < 1.29 is 9.18 Å². The molecule has 1 unspecified atom stereocenters. The van der Waals surface area contributed by atoms with Gasteiger partial charge in [-0.2, -0.15) is 0 Å². The van der Waals surface area contributed by atoms with Crippen molar-refractivity contribution in [3.63, 3.8) is 0 Å². The van der Waals surface area contributed by atoms with Gasteiger partial charge in [-0.1, -0.05) is 49.4 Å². The van der Waals surface area contributed by atoms with Gasteiger partial charge in [0.1, 0.15) is 5.82 Å².